The van der Waals surface area contributed by atoms with Gasteiger partial charge in [0.1, 0.15) is 5.78 Å². The summed E-state index contributed by atoms with van der Waals surface area (Å²) in [5.41, 5.74) is 1.26. The second-order valence-electron chi connectivity index (χ2n) is 8.91. The molecule has 6 nitrogen and oxygen atoms in total. The molecule has 3 saturated heterocycles. The van der Waals surface area contributed by atoms with Gasteiger partial charge in [-0.2, -0.15) is 0 Å². The molecule has 1 aromatic rings. The van der Waals surface area contributed by atoms with Crippen LogP contribution in [-0.2, 0) is 4.79 Å². The summed E-state index contributed by atoms with van der Waals surface area (Å²) >= 11 is 0. The van der Waals surface area contributed by atoms with Crippen LogP contribution in [0.15, 0.2) is 12.4 Å². The van der Waals surface area contributed by atoms with Gasteiger partial charge in [0, 0.05) is 43.6 Å². The van der Waals surface area contributed by atoms with E-state index < -0.39 is 0 Å². The summed E-state index contributed by atoms with van der Waals surface area (Å²) in [4.78, 5) is 28.2. The fraction of sp³-hybridized carbons (Fsp3) is 0.762. The van der Waals surface area contributed by atoms with E-state index >= 15 is 0 Å². The lowest BCUT2D eigenvalue weighted by molar-refractivity contribution is -0.118. The first-order chi connectivity index (χ1) is 13.0. The van der Waals surface area contributed by atoms with E-state index in [2.05, 4.69) is 40.9 Å². The molecule has 0 radical (unpaired) electrons. The Kier molecular flexibility index (Phi) is 5.46. The van der Waals surface area contributed by atoms with E-state index in [0.717, 1.165) is 45.0 Å². The van der Waals surface area contributed by atoms with Crippen LogP contribution in [-0.4, -0.2) is 76.4 Å². The van der Waals surface area contributed by atoms with Crippen LogP contribution in [0.4, 0.5) is 5.95 Å². The van der Waals surface area contributed by atoms with Crippen LogP contribution in [0.25, 0.3) is 0 Å². The summed E-state index contributed by atoms with van der Waals surface area (Å²) < 4.78 is 0. The zero-order valence-corrected chi connectivity index (χ0v) is 17.0. The molecule has 0 saturated carbocycles. The van der Waals surface area contributed by atoms with Crippen molar-refractivity contribution in [2.24, 2.45) is 0 Å². The van der Waals surface area contributed by atoms with Crippen molar-refractivity contribution in [2.45, 2.75) is 70.5 Å². The largest absolute Gasteiger partial charge is 0.332 e. The van der Waals surface area contributed by atoms with E-state index in [1.807, 2.05) is 0 Å². The molecule has 0 amide bonds. The molecule has 4 rings (SSSR count). The lowest BCUT2D eigenvalue weighted by atomic mass is 9.91. The molecular weight excluding hydrogens is 338 g/mol. The Morgan fingerprint density at radius 3 is 2.19 bits per heavy atom. The van der Waals surface area contributed by atoms with Crippen LogP contribution >= 0.6 is 0 Å². The van der Waals surface area contributed by atoms with Crippen molar-refractivity contribution < 1.29 is 4.79 Å². The number of rotatable bonds is 5. The molecule has 27 heavy (non-hydrogen) atoms. The topological polar surface area (TPSA) is 52.6 Å². The summed E-state index contributed by atoms with van der Waals surface area (Å²) in [7, 11) is 0. The first kappa shape index (κ1) is 18.8. The quantitative estimate of drug-likeness (QED) is 0.792. The number of ketones is 1. The maximum atomic E-state index is 11.3. The van der Waals surface area contributed by atoms with E-state index in [9.17, 15) is 4.79 Å². The summed E-state index contributed by atoms with van der Waals surface area (Å²) in [6.45, 7) is 11.1. The Morgan fingerprint density at radius 1 is 1.07 bits per heavy atom. The molecule has 0 N–H and O–H groups in total. The molecule has 2 unspecified atom stereocenters. The Balaban J connectivity index is 1.38. The van der Waals surface area contributed by atoms with Crippen molar-refractivity contribution in [1.82, 2.24) is 19.8 Å². The number of piperazine rings is 1. The molecule has 6 heteroatoms. The highest BCUT2D eigenvalue weighted by molar-refractivity contribution is 5.77. The number of nitrogens with zero attached hydrogens (tertiary/aromatic N) is 5. The average molecular weight is 372 g/mol. The standard InChI is InChI=1S/C21H33N5O/c1-15(2)25-13-19-4-5-20(14-25)26(19)21-22-10-18(11-23-21)17-6-8-24(9-7-17)12-16(3)27/h10-11,15,17,19-20H,4-9,12-14H2,1-3H3. The maximum absolute atomic E-state index is 11.3. The van der Waals surface area contributed by atoms with Crippen molar-refractivity contribution in [1.29, 1.82) is 0 Å². The summed E-state index contributed by atoms with van der Waals surface area (Å²) in [6, 6.07) is 1.74. The minimum atomic E-state index is 0.258. The number of likely N-dealkylation sites (tertiary alicyclic amines) is 2. The molecule has 0 spiro atoms. The van der Waals surface area contributed by atoms with Gasteiger partial charge < -0.3 is 4.90 Å². The van der Waals surface area contributed by atoms with E-state index in [4.69, 9.17) is 9.97 Å². The Bertz CT molecular complexity index is 639. The van der Waals surface area contributed by atoms with Crippen LogP contribution in [0, 0.1) is 0 Å². The SMILES string of the molecule is CC(=O)CN1CCC(c2cnc(N3C4CCC3CN(C(C)C)C4)nc2)CC1. The minimum absolute atomic E-state index is 0.258. The van der Waals surface area contributed by atoms with Crippen molar-refractivity contribution >= 4 is 11.7 Å². The third-order valence-corrected chi connectivity index (χ3v) is 6.64. The number of piperidine rings is 1. The van der Waals surface area contributed by atoms with Gasteiger partial charge in [0.25, 0.3) is 0 Å². The minimum Gasteiger partial charge on any atom is -0.332 e. The molecule has 2 atom stereocenters. The number of anilines is 1. The van der Waals surface area contributed by atoms with Crippen molar-refractivity contribution in [3.8, 4) is 0 Å². The van der Waals surface area contributed by atoms with Crippen LogP contribution in [0.1, 0.15) is 57.9 Å². The summed E-state index contributed by atoms with van der Waals surface area (Å²) in [6.07, 6.45) is 8.81. The van der Waals surface area contributed by atoms with Crippen molar-refractivity contribution in [2.75, 3.05) is 37.6 Å². The first-order valence-electron chi connectivity index (χ1n) is 10.6. The fourth-order valence-electron chi connectivity index (χ4n) is 5.10. The van der Waals surface area contributed by atoms with Crippen molar-refractivity contribution in [3.63, 3.8) is 0 Å². The second-order valence-corrected chi connectivity index (χ2v) is 8.91. The smallest absolute Gasteiger partial charge is 0.225 e. The molecular formula is C21H33N5O. The van der Waals surface area contributed by atoms with Gasteiger partial charge in [0.15, 0.2) is 0 Å². The number of carbonyl (C=O) groups is 1. The molecule has 3 aliphatic rings. The van der Waals surface area contributed by atoms with E-state index in [1.54, 1.807) is 6.92 Å². The monoisotopic (exact) mass is 371 g/mol. The average Bonchev–Trinajstić information content (AvgIpc) is 2.91. The van der Waals surface area contributed by atoms with Gasteiger partial charge in [-0.05, 0) is 71.0 Å². The number of aromatic nitrogens is 2. The first-order valence-corrected chi connectivity index (χ1v) is 10.6. The summed E-state index contributed by atoms with van der Waals surface area (Å²) in [5.74, 6) is 1.70. The fourth-order valence-corrected chi connectivity index (χ4v) is 5.10. The van der Waals surface area contributed by atoms with Gasteiger partial charge in [-0.25, -0.2) is 9.97 Å². The highest BCUT2D eigenvalue weighted by Gasteiger charge is 2.41. The normalized spacial score (nSPS) is 27.5. The van der Waals surface area contributed by atoms with Gasteiger partial charge in [-0.3, -0.25) is 14.6 Å². The van der Waals surface area contributed by atoms with Gasteiger partial charge in [-0.15, -0.1) is 0 Å². The summed E-state index contributed by atoms with van der Waals surface area (Å²) in [5, 5.41) is 0. The highest BCUT2D eigenvalue weighted by atomic mass is 16.1. The third-order valence-electron chi connectivity index (χ3n) is 6.64. The Morgan fingerprint density at radius 2 is 1.67 bits per heavy atom. The molecule has 148 valence electrons. The second kappa shape index (κ2) is 7.84. The predicted molar refractivity (Wildman–Crippen MR) is 107 cm³/mol. The highest BCUT2D eigenvalue weighted by Crippen LogP contribution is 2.34. The van der Waals surface area contributed by atoms with E-state index in [0.29, 0.717) is 30.6 Å². The van der Waals surface area contributed by atoms with Crippen LogP contribution in [0.3, 0.4) is 0 Å². The molecule has 3 aliphatic heterocycles. The maximum Gasteiger partial charge on any atom is 0.225 e. The molecule has 0 aromatic carbocycles. The molecule has 4 heterocycles. The predicted octanol–water partition coefficient (Wildman–Crippen LogP) is 2.31. The number of fused-ring (bicyclic) bond motifs is 2. The van der Waals surface area contributed by atoms with Gasteiger partial charge in [-0.1, -0.05) is 0 Å². The molecule has 2 bridgehead atoms. The van der Waals surface area contributed by atoms with Gasteiger partial charge >= 0.3 is 0 Å². The van der Waals surface area contributed by atoms with E-state index in [-0.39, 0.29) is 5.78 Å². The van der Waals surface area contributed by atoms with E-state index in [1.165, 1.54) is 18.4 Å². The number of hydrogen-bond donors (Lipinski definition) is 0. The zero-order chi connectivity index (χ0) is 19.0. The third kappa shape index (κ3) is 4.02. The number of carbonyl (C=O) groups excluding carboxylic acids is 1. The lowest BCUT2D eigenvalue weighted by Gasteiger charge is -2.42. The zero-order valence-electron chi connectivity index (χ0n) is 17.0. The molecule has 1 aromatic heterocycles. The van der Waals surface area contributed by atoms with Crippen molar-refractivity contribution in [3.05, 3.63) is 18.0 Å². The molecule has 0 aliphatic carbocycles. The number of hydrogen-bond acceptors (Lipinski definition) is 6. The number of Topliss-reactive ketones (excluding diaryl/α,β-unsaturated/α-hetero) is 1. The Labute approximate surface area is 162 Å². The molecule has 3 fully saturated rings. The van der Waals surface area contributed by atoms with Crippen LogP contribution < -0.4 is 4.90 Å². The van der Waals surface area contributed by atoms with Crippen LogP contribution in [0.2, 0.25) is 0 Å². The van der Waals surface area contributed by atoms with Crippen LogP contribution in [0.5, 0.6) is 0 Å². The van der Waals surface area contributed by atoms with Gasteiger partial charge in [0.05, 0.1) is 6.54 Å². The van der Waals surface area contributed by atoms with Gasteiger partial charge in [0.2, 0.25) is 5.95 Å². The Hall–Kier alpha value is -1.53. The lowest BCUT2D eigenvalue weighted by Crippen LogP contribution is -2.56.